The number of rotatable bonds is 5. The van der Waals surface area contributed by atoms with Gasteiger partial charge in [0.25, 0.3) is 0 Å². The third kappa shape index (κ3) is 3.67. The lowest BCUT2D eigenvalue weighted by Crippen LogP contribution is -2.46. The molecule has 6 heteroatoms. The fraction of sp³-hybridized carbons (Fsp3) is 0.733. The van der Waals surface area contributed by atoms with Crippen LogP contribution in [0.3, 0.4) is 0 Å². The van der Waals surface area contributed by atoms with Crippen molar-refractivity contribution in [3.63, 3.8) is 0 Å². The smallest absolute Gasteiger partial charge is 0.242 e. The van der Waals surface area contributed by atoms with Crippen LogP contribution in [0.2, 0.25) is 0 Å². The molecule has 1 saturated carbocycles. The van der Waals surface area contributed by atoms with Crippen LogP contribution in [0.1, 0.15) is 50.0 Å². The van der Waals surface area contributed by atoms with Gasteiger partial charge in [-0.15, -0.1) is 11.3 Å². The zero-order valence-electron chi connectivity index (χ0n) is 13.3. The van der Waals surface area contributed by atoms with E-state index in [4.69, 9.17) is 0 Å². The zero-order chi connectivity index (χ0) is 15.7. The minimum absolute atomic E-state index is 0.0259. The molecule has 1 unspecified atom stereocenters. The number of sulfonamides is 1. The Balaban J connectivity index is 2.28. The van der Waals surface area contributed by atoms with Crippen LogP contribution in [0.5, 0.6) is 0 Å². The number of nitrogens with one attached hydrogen (secondary N) is 2. The van der Waals surface area contributed by atoms with Gasteiger partial charge in [0.1, 0.15) is 4.90 Å². The molecule has 120 valence electrons. The van der Waals surface area contributed by atoms with Gasteiger partial charge in [0.05, 0.1) is 0 Å². The summed E-state index contributed by atoms with van der Waals surface area (Å²) < 4.78 is 28.6. The first-order valence-electron chi connectivity index (χ1n) is 7.52. The minimum atomic E-state index is -3.45. The first-order valence-corrected chi connectivity index (χ1v) is 9.88. The first kappa shape index (κ1) is 16.9. The molecule has 0 radical (unpaired) electrons. The Bertz CT molecular complexity index is 591. The quantitative estimate of drug-likeness (QED) is 0.872. The monoisotopic (exact) mass is 330 g/mol. The molecule has 0 aliphatic heterocycles. The van der Waals surface area contributed by atoms with Crippen molar-refractivity contribution in [2.75, 3.05) is 7.05 Å². The minimum Gasteiger partial charge on any atom is -0.315 e. The Morgan fingerprint density at radius 1 is 1.38 bits per heavy atom. The van der Waals surface area contributed by atoms with Gasteiger partial charge < -0.3 is 5.32 Å². The van der Waals surface area contributed by atoms with Gasteiger partial charge in [-0.25, -0.2) is 13.1 Å². The molecular formula is C15H26N2O2S2. The maximum atomic E-state index is 12.8. The summed E-state index contributed by atoms with van der Waals surface area (Å²) >= 11 is 1.51. The Hall–Kier alpha value is -0.430. The number of aryl methyl sites for hydroxylation is 1. The fourth-order valence-electron chi connectivity index (χ4n) is 3.09. The Kier molecular flexibility index (Phi) is 5.13. The number of hydrogen-bond donors (Lipinski definition) is 2. The van der Waals surface area contributed by atoms with Crippen molar-refractivity contribution in [1.82, 2.24) is 10.0 Å². The van der Waals surface area contributed by atoms with Crippen LogP contribution in [0, 0.1) is 12.3 Å². The van der Waals surface area contributed by atoms with Gasteiger partial charge in [0, 0.05) is 17.5 Å². The molecular weight excluding hydrogens is 304 g/mol. The van der Waals surface area contributed by atoms with E-state index < -0.39 is 10.0 Å². The van der Waals surface area contributed by atoms with E-state index in [9.17, 15) is 8.42 Å². The molecule has 0 amide bonds. The second-order valence-electron chi connectivity index (χ2n) is 6.61. The molecule has 1 aliphatic carbocycles. The highest BCUT2D eigenvalue weighted by atomic mass is 32.2. The summed E-state index contributed by atoms with van der Waals surface area (Å²) in [5.74, 6) is 0. The van der Waals surface area contributed by atoms with Crippen LogP contribution >= 0.6 is 11.3 Å². The van der Waals surface area contributed by atoms with Crippen molar-refractivity contribution in [2.45, 2.75) is 63.9 Å². The average molecular weight is 331 g/mol. The molecule has 2 N–H and O–H groups in total. The van der Waals surface area contributed by atoms with Crippen molar-refractivity contribution in [3.8, 4) is 0 Å². The molecule has 1 aromatic rings. The molecule has 1 aliphatic rings. The second-order valence-corrected chi connectivity index (χ2v) is 9.22. The van der Waals surface area contributed by atoms with E-state index in [1.807, 2.05) is 19.4 Å². The molecule has 0 bridgehead atoms. The van der Waals surface area contributed by atoms with Crippen molar-refractivity contribution in [1.29, 1.82) is 0 Å². The molecule has 4 nitrogen and oxygen atoms in total. The topological polar surface area (TPSA) is 58.2 Å². The van der Waals surface area contributed by atoms with E-state index in [0.29, 0.717) is 11.4 Å². The Morgan fingerprint density at radius 3 is 2.71 bits per heavy atom. The molecule has 1 heterocycles. The van der Waals surface area contributed by atoms with Crippen LogP contribution < -0.4 is 10.0 Å². The van der Waals surface area contributed by atoms with Crippen LogP contribution in [0.4, 0.5) is 0 Å². The summed E-state index contributed by atoms with van der Waals surface area (Å²) in [7, 11) is -1.61. The van der Waals surface area contributed by atoms with Crippen molar-refractivity contribution in [2.24, 2.45) is 5.41 Å². The van der Waals surface area contributed by atoms with Crippen LogP contribution in [-0.2, 0) is 16.6 Å². The van der Waals surface area contributed by atoms with Crippen LogP contribution in [0.15, 0.2) is 10.3 Å². The maximum Gasteiger partial charge on any atom is 0.242 e. The molecule has 0 spiro atoms. The molecule has 0 aromatic carbocycles. The largest absolute Gasteiger partial charge is 0.315 e. The van der Waals surface area contributed by atoms with Crippen LogP contribution in [0.25, 0.3) is 0 Å². The van der Waals surface area contributed by atoms with E-state index in [1.165, 1.54) is 17.8 Å². The first-order chi connectivity index (χ1) is 9.78. The Labute approximate surface area is 132 Å². The van der Waals surface area contributed by atoms with Gasteiger partial charge in [-0.05, 0) is 43.2 Å². The van der Waals surface area contributed by atoms with Crippen molar-refractivity contribution >= 4 is 21.4 Å². The normalized spacial score (nSPS) is 22.4. The highest BCUT2D eigenvalue weighted by molar-refractivity contribution is 7.89. The lowest BCUT2D eigenvalue weighted by Gasteiger charge is -2.38. The predicted molar refractivity (Wildman–Crippen MR) is 88.2 cm³/mol. The second kappa shape index (κ2) is 6.36. The zero-order valence-corrected chi connectivity index (χ0v) is 15.0. The average Bonchev–Trinajstić information content (AvgIpc) is 2.74. The summed E-state index contributed by atoms with van der Waals surface area (Å²) in [6.45, 7) is 6.78. The van der Waals surface area contributed by atoms with Crippen molar-refractivity contribution < 1.29 is 8.42 Å². The molecule has 1 atom stereocenters. The van der Waals surface area contributed by atoms with Gasteiger partial charge in [0.2, 0.25) is 10.0 Å². The molecule has 1 aromatic heterocycles. The van der Waals surface area contributed by atoms with Gasteiger partial charge in [-0.3, -0.25) is 0 Å². The van der Waals surface area contributed by atoms with Gasteiger partial charge >= 0.3 is 0 Å². The van der Waals surface area contributed by atoms with E-state index in [-0.39, 0.29) is 11.5 Å². The SMILES string of the molecule is CNCc1scc(C)c1S(=O)(=O)NC1CCCCC1(C)C. The highest BCUT2D eigenvalue weighted by Crippen LogP contribution is 2.37. The van der Waals surface area contributed by atoms with E-state index in [1.54, 1.807) is 0 Å². The summed E-state index contributed by atoms with van der Waals surface area (Å²) in [4.78, 5) is 1.36. The lowest BCUT2D eigenvalue weighted by atomic mass is 9.74. The summed E-state index contributed by atoms with van der Waals surface area (Å²) in [5, 5.41) is 4.97. The Morgan fingerprint density at radius 2 is 2.10 bits per heavy atom. The standard InChI is InChI=1S/C15H26N2O2S2/c1-11-10-20-12(9-16-4)14(11)21(18,19)17-13-7-5-6-8-15(13,2)3/h10,13,16-17H,5-9H2,1-4H3. The number of thiophene rings is 1. The van der Waals surface area contributed by atoms with Crippen molar-refractivity contribution in [3.05, 3.63) is 15.8 Å². The van der Waals surface area contributed by atoms with Gasteiger partial charge in [-0.1, -0.05) is 26.7 Å². The lowest BCUT2D eigenvalue weighted by molar-refractivity contribution is 0.188. The van der Waals surface area contributed by atoms with Gasteiger partial charge in [-0.2, -0.15) is 0 Å². The summed E-state index contributed by atoms with van der Waals surface area (Å²) in [6, 6.07) is 0.0259. The van der Waals surface area contributed by atoms with E-state index in [0.717, 1.165) is 29.7 Å². The molecule has 21 heavy (non-hydrogen) atoms. The van der Waals surface area contributed by atoms with E-state index >= 15 is 0 Å². The third-order valence-corrected chi connectivity index (χ3v) is 7.33. The third-order valence-electron chi connectivity index (χ3n) is 4.40. The maximum absolute atomic E-state index is 12.8. The van der Waals surface area contributed by atoms with Gasteiger partial charge in [0.15, 0.2) is 0 Å². The predicted octanol–water partition coefficient (Wildman–Crippen LogP) is 3.02. The molecule has 2 rings (SSSR count). The van der Waals surface area contributed by atoms with Crippen LogP contribution in [-0.4, -0.2) is 21.5 Å². The van der Waals surface area contributed by atoms with E-state index in [2.05, 4.69) is 23.9 Å². The summed E-state index contributed by atoms with van der Waals surface area (Å²) in [6.07, 6.45) is 4.29. The molecule has 0 saturated heterocycles. The highest BCUT2D eigenvalue weighted by Gasteiger charge is 2.36. The fourth-order valence-corrected chi connectivity index (χ4v) is 6.35. The molecule has 1 fully saturated rings. The number of hydrogen-bond acceptors (Lipinski definition) is 4. The summed E-state index contributed by atoms with van der Waals surface area (Å²) in [5.41, 5.74) is 0.865.